The van der Waals surface area contributed by atoms with Gasteiger partial charge in [0.1, 0.15) is 5.75 Å². The highest BCUT2D eigenvalue weighted by molar-refractivity contribution is 6.24. The van der Waals surface area contributed by atoms with Crippen LogP contribution in [0.5, 0.6) is 5.75 Å². The minimum atomic E-state index is -1.28. The Hall–Kier alpha value is -4.79. The van der Waals surface area contributed by atoms with E-state index in [1.54, 1.807) is 49.4 Å². The van der Waals surface area contributed by atoms with Crippen LogP contribution in [0.4, 0.5) is 10.5 Å². The lowest BCUT2D eigenvalue weighted by molar-refractivity contribution is -0.138. The Kier molecular flexibility index (Phi) is 5.67. The molecule has 2 aliphatic carbocycles. The lowest BCUT2D eigenvalue weighted by atomic mass is 9.51. The Balaban J connectivity index is 1.43. The SMILES string of the molecule is COC(=O)N1C(=O)C2CC=C3C(CC4C(=O)N(c5ccccc5)C(=O)C4(C)C3c3ccc4ccccc4c3O)C2C1=O. The van der Waals surface area contributed by atoms with Crippen LogP contribution in [-0.4, -0.2) is 46.8 Å². The van der Waals surface area contributed by atoms with Gasteiger partial charge in [0.25, 0.3) is 0 Å². The number of imide groups is 4. The minimum absolute atomic E-state index is 0.00479. The van der Waals surface area contributed by atoms with Crippen LogP contribution < -0.4 is 4.90 Å². The molecule has 1 saturated carbocycles. The van der Waals surface area contributed by atoms with Gasteiger partial charge in [-0.3, -0.25) is 19.2 Å². The number of fused-ring (bicyclic) bond motifs is 5. The Morgan fingerprint density at radius 2 is 1.62 bits per heavy atom. The molecule has 1 N–H and O–H groups in total. The molecule has 3 fully saturated rings. The molecule has 7 rings (SSSR count). The normalized spacial score (nSPS) is 30.2. The van der Waals surface area contributed by atoms with Crippen LogP contribution in [0.15, 0.2) is 78.4 Å². The number of para-hydroxylation sites is 1. The highest BCUT2D eigenvalue weighted by Gasteiger charge is 2.68. The third-order valence-corrected chi connectivity index (χ3v) is 9.89. The topological polar surface area (TPSA) is 121 Å². The van der Waals surface area contributed by atoms with Gasteiger partial charge in [-0.2, -0.15) is 4.90 Å². The number of phenolic OH excluding ortho intramolecular Hbond substituents is 1. The van der Waals surface area contributed by atoms with Gasteiger partial charge in [-0.1, -0.05) is 66.2 Å². The summed E-state index contributed by atoms with van der Waals surface area (Å²) in [5, 5.41) is 13.1. The van der Waals surface area contributed by atoms with Crippen LogP contribution in [0.25, 0.3) is 10.8 Å². The first-order valence-electron chi connectivity index (χ1n) is 14.0. The van der Waals surface area contributed by atoms with Crippen molar-refractivity contribution in [2.75, 3.05) is 12.0 Å². The second kappa shape index (κ2) is 9.11. The molecule has 212 valence electrons. The Morgan fingerprint density at radius 1 is 0.905 bits per heavy atom. The molecule has 9 heteroatoms. The summed E-state index contributed by atoms with van der Waals surface area (Å²) in [6.07, 6.45) is 1.18. The van der Waals surface area contributed by atoms with E-state index in [9.17, 15) is 29.1 Å². The van der Waals surface area contributed by atoms with E-state index < -0.39 is 52.9 Å². The average molecular weight is 565 g/mol. The average Bonchev–Trinajstić information content (AvgIpc) is 3.37. The van der Waals surface area contributed by atoms with E-state index in [2.05, 4.69) is 0 Å². The number of methoxy groups -OCH3 is 1. The number of anilines is 1. The molecular weight excluding hydrogens is 536 g/mol. The van der Waals surface area contributed by atoms with E-state index in [-0.39, 0.29) is 30.4 Å². The van der Waals surface area contributed by atoms with E-state index in [0.29, 0.717) is 21.5 Å². The zero-order valence-corrected chi connectivity index (χ0v) is 23.0. The second-order valence-electron chi connectivity index (χ2n) is 11.7. The van der Waals surface area contributed by atoms with E-state index in [1.807, 2.05) is 30.3 Å². The lowest BCUT2D eigenvalue weighted by Gasteiger charge is -2.49. The van der Waals surface area contributed by atoms with Crippen molar-refractivity contribution in [2.24, 2.45) is 29.1 Å². The maximum atomic E-state index is 14.4. The molecule has 0 radical (unpaired) electrons. The molecule has 42 heavy (non-hydrogen) atoms. The van der Waals surface area contributed by atoms with Gasteiger partial charge in [0.05, 0.1) is 36.0 Å². The van der Waals surface area contributed by atoms with Gasteiger partial charge in [0.2, 0.25) is 23.6 Å². The van der Waals surface area contributed by atoms with Crippen molar-refractivity contribution in [1.82, 2.24) is 4.90 Å². The van der Waals surface area contributed by atoms with Crippen molar-refractivity contribution in [3.63, 3.8) is 0 Å². The fourth-order valence-electron chi connectivity index (χ4n) is 7.96. The van der Waals surface area contributed by atoms with Gasteiger partial charge in [0.15, 0.2) is 0 Å². The van der Waals surface area contributed by atoms with Gasteiger partial charge >= 0.3 is 6.09 Å². The maximum absolute atomic E-state index is 14.4. The summed E-state index contributed by atoms with van der Waals surface area (Å²) in [6.45, 7) is 1.77. The predicted octanol–water partition coefficient (Wildman–Crippen LogP) is 4.54. The molecule has 0 aromatic heterocycles. The highest BCUT2D eigenvalue weighted by atomic mass is 16.5. The summed E-state index contributed by atoms with van der Waals surface area (Å²) >= 11 is 0. The standard InChI is InChI=1S/C33H28N2O7/c1-33-24(29(38)34(31(33)40)18-9-4-3-5-10-18)16-23-20(14-15-21-25(23)30(39)35(28(21)37)32(41)42-2)26(33)22-13-12-17-8-6-7-11-19(17)27(22)36/h3-14,21,23-26,36H,15-16H2,1-2H3. The molecule has 6 unspecified atom stereocenters. The van der Waals surface area contributed by atoms with Crippen molar-refractivity contribution >= 4 is 46.2 Å². The second-order valence-corrected chi connectivity index (χ2v) is 11.7. The number of phenols is 1. The van der Waals surface area contributed by atoms with Crippen LogP contribution in [-0.2, 0) is 23.9 Å². The zero-order valence-electron chi connectivity index (χ0n) is 23.0. The van der Waals surface area contributed by atoms with Crippen LogP contribution in [0.1, 0.15) is 31.2 Å². The van der Waals surface area contributed by atoms with Gasteiger partial charge in [-0.05, 0) is 43.2 Å². The maximum Gasteiger partial charge on any atom is 0.423 e. The van der Waals surface area contributed by atoms with Crippen LogP contribution in [0, 0.1) is 29.1 Å². The van der Waals surface area contributed by atoms with Crippen molar-refractivity contribution in [2.45, 2.75) is 25.7 Å². The minimum Gasteiger partial charge on any atom is -0.507 e. The molecule has 0 bridgehead atoms. The summed E-state index contributed by atoms with van der Waals surface area (Å²) in [7, 11) is 1.11. The largest absolute Gasteiger partial charge is 0.507 e. The third-order valence-electron chi connectivity index (χ3n) is 9.89. The monoisotopic (exact) mass is 564 g/mol. The van der Waals surface area contributed by atoms with Gasteiger partial charge in [-0.15, -0.1) is 0 Å². The van der Waals surface area contributed by atoms with Crippen LogP contribution in [0.3, 0.4) is 0 Å². The number of likely N-dealkylation sites (tertiary alicyclic amines) is 1. The van der Waals surface area contributed by atoms with Crippen molar-refractivity contribution in [3.8, 4) is 5.75 Å². The van der Waals surface area contributed by atoms with Crippen LogP contribution in [0.2, 0.25) is 0 Å². The smallest absolute Gasteiger partial charge is 0.423 e. The quantitative estimate of drug-likeness (QED) is 0.358. The predicted molar refractivity (Wildman–Crippen MR) is 151 cm³/mol. The number of aromatic hydroxyl groups is 1. The molecule has 3 aromatic carbocycles. The Labute approximate surface area is 241 Å². The van der Waals surface area contributed by atoms with E-state index in [1.165, 1.54) is 4.90 Å². The van der Waals surface area contributed by atoms with E-state index in [0.717, 1.165) is 18.1 Å². The number of rotatable bonds is 2. The number of carbonyl (C=O) groups is 5. The summed E-state index contributed by atoms with van der Waals surface area (Å²) in [6, 6.07) is 19.7. The first kappa shape index (κ1) is 26.1. The molecule has 2 saturated heterocycles. The molecule has 6 atom stereocenters. The molecular formula is C33H28N2O7. The molecule has 9 nitrogen and oxygen atoms in total. The lowest BCUT2D eigenvalue weighted by Crippen LogP contribution is -2.49. The molecule has 3 aromatic rings. The van der Waals surface area contributed by atoms with Gasteiger partial charge < -0.3 is 9.84 Å². The number of nitrogens with zero attached hydrogens (tertiary/aromatic N) is 2. The molecule has 5 amide bonds. The third kappa shape index (κ3) is 3.27. The molecule has 4 aliphatic rings. The number of carbonyl (C=O) groups excluding carboxylic acids is 5. The number of ether oxygens (including phenoxy) is 1. The fourth-order valence-corrected chi connectivity index (χ4v) is 7.96. The van der Waals surface area contributed by atoms with Crippen LogP contribution >= 0.6 is 0 Å². The molecule has 0 spiro atoms. The summed E-state index contributed by atoms with van der Waals surface area (Å²) < 4.78 is 4.73. The summed E-state index contributed by atoms with van der Waals surface area (Å²) in [5.41, 5.74) is 0.372. The number of hydrogen-bond donors (Lipinski definition) is 1. The van der Waals surface area contributed by atoms with E-state index >= 15 is 0 Å². The number of benzene rings is 3. The number of allylic oxidation sites excluding steroid dienone is 2. The number of hydrogen-bond acceptors (Lipinski definition) is 7. The molecule has 2 aliphatic heterocycles. The first-order chi connectivity index (χ1) is 20.2. The van der Waals surface area contributed by atoms with Crippen molar-refractivity contribution in [3.05, 3.63) is 83.9 Å². The highest BCUT2D eigenvalue weighted by Crippen LogP contribution is 2.64. The first-order valence-corrected chi connectivity index (χ1v) is 14.0. The van der Waals surface area contributed by atoms with Crippen molar-refractivity contribution in [1.29, 1.82) is 0 Å². The van der Waals surface area contributed by atoms with E-state index in [4.69, 9.17) is 4.74 Å². The fraction of sp³-hybridized carbons (Fsp3) is 0.303. The van der Waals surface area contributed by atoms with Gasteiger partial charge in [0, 0.05) is 16.9 Å². The Morgan fingerprint density at radius 3 is 2.36 bits per heavy atom. The summed E-state index contributed by atoms with van der Waals surface area (Å²) in [4.78, 5) is 69.7. The summed E-state index contributed by atoms with van der Waals surface area (Å²) in [5.74, 6) is -5.91. The van der Waals surface area contributed by atoms with Crippen molar-refractivity contribution < 1.29 is 33.8 Å². The van der Waals surface area contributed by atoms with Gasteiger partial charge in [-0.25, -0.2) is 9.69 Å². The Bertz CT molecular complexity index is 1750. The zero-order chi connectivity index (χ0) is 29.5. The molecule has 2 heterocycles. The number of amides is 5.